The number of Topliss-reactive ketones (excluding diaryl/α,β-unsaturated/α-hetero) is 1. The minimum absolute atomic E-state index is 0.0883. The molecule has 0 saturated carbocycles. The number of benzene rings is 2. The molecule has 1 heterocycles. The third kappa shape index (κ3) is 4.97. The number of hydrogen-bond donors (Lipinski definition) is 1. The predicted molar refractivity (Wildman–Crippen MR) is 126 cm³/mol. The van der Waals surface area contributed by atoms with Crippen LogP contribution in [0.2, 0.25) is 5.02 Å². The summed E-state index contributed by atoms with van der Waals surface area (Å²) in [7, 11) is 1.58. The third-order valence-electron chi connectivity index (χ3n) is 5.86. The van der Waals surface area contributed by atoms with Crippen molar-refractivity contribution in [2.75, 3.05) is 33.3 Å². The maximum absolute atomic E-state index is 13.0. The highest BCUT2D eigenvalue weighted by Gasteiger charge is 2.45. The average molecular weight is 457 g/mol. The molecule has 170 valence electrons. The monoisotopic (exact) mass is 456 g/mol. The van der Waals surface area contributed by atoms with Gasteiger partial charge in [-0.3, -0.25) is 9.59 Å². The Morgan fingerprint density at radius 2 is 1.69 bits per heavy atom. The van der Waals surface area contributed by atoms with Crippen LogP contribution >= 0.6 is 11.6 Å². The van der Waals surface area contributed by atoms with E-state index in [1.807, 2.05) is 12.1 Å². The van der Waals surface area contributed by atoms with E-state index in [4.69, 9.17) is 16.3 Å². The molecule has 7 heteroatoms. The molecule has 1 unspecified atom stereocenters. The van der Waals surface area contributed by atoms with Crippen molar-refractivity contribution in [3.8, 4) is 5.75 Å². The Hall–Kier alpha value is -2.83. The summed E-state index contributed by atoms with van der Waals surface area (Å²) in [6, 6.07) is 13.1. The Morgan fingerprint density at radius 3 is 2.25 bits per heavy atom. The van der Waals surface area contributed by atoms with Gasteiger partial charge in [0.1, 0.15) is 11.5 Å². The molecule has 0 aliphatic carbocycles. The van der Waals surface area contributed by atoms with Crippen LogP contribution < -0.4 is 4.74 Å². The number of likely N-dealkylation sites (tertiary alicyclic amines) is 1. The van der Waals surface area contributed by atoms with Crippen molar-refractivity contribution in [1.29, 1.82) is 0 Å². The number of amides is 1. The van der Waals surface area contributed by atoms with Gasteiger partial charge in [-0.25, -0.2) is 0 Å². The van der Waals surface area contributed by atoms with Crippen molar-refractivity contribution in [2.24, 2.45) is 0 Å². The highest BCUT2D eigenvalue weighted by Crippen LogP contribution is 2.40. The molecule has 1 N–H and O–H groups in total. The SMILES string of the molecule is CCN(CC)CCCN1C(=O)C(=O)C(=C(O)c2ccc(Cl)cc2)C1c1ccc(OC)cc1. The van der Waals surface area contributed by atoms with E-state index in [2.05, 4.69) is 18.7 Å². The van der Waals surface area contributed by atoms with E-state index >= 15 is 0 Å². The topological polar surface area (TPSA) is 70.1 Å². The molecule has 0 spiro atoms. The van der Waals surface area contributed by atoms with Gasteiger partial charge in [-0.2, -0.15) is 0 Å². The molecule has 32 heavy (non-hydrogen) atoms. The van der Waals surface area contributed by atoms with E-state index in [0.717, 1.165) is 31.6 Å². The van der Waals surface area contributed by atoms with Crippen LogP contribution in [0.5, 0.6) is 5.75 Å². The van der Waals surface area contributed by atoms with Crippen molar-refractivity contribution in [3.63, 3.8) is 0 Å². The minimum atomic E-state index is -0.680. The molecule has 2 aromatic carbocycles. The lowest BCUT2D eigenvalue weighted by atomic mass is 9.95. The lowest BCUT2D eigenvalue weighted by Crippen LogP contribution is -2.33. The molecule has 1 atom stereocenters. The van der Waals surface area contributed by atoms with Crippen molar-refractivity contribution in [2.45, 2.75) is 26.3 Å². The first-order valence-corrected chi connectivity index (χ1v) is 11.2. The molecule has 2 aromatic rings. The second-order valence-corrected chi connectivity index (χ2v) is 8.09. The van der Waals surface area contributed by atoms with Crippen LogP contribution in [-0.2, 0) is 9.59 Å². The van der Waals surface area contributed by atoms with Gasteiger partial charge in [-0.05, 0) is 68.0 Å². The van der Waals surface area contributed by atoms with Gasteiger partial charge in [0.2, 0.25) is 0 Å². The number of halogens is 1. The Labute approximate surface area is 194 Å². The fourth-order valence-corrected chi connectivity index (χ4v) is 4.14. The molecule has 1 fully saturated rings. The van der Waals surface area contributed by atoms with Crippen LogP contribution in [0.3, 0.4) is 0 Å². The molecule has 1 saturated heterocycles. The standard InChI is InChI=1S/C25H29ClN2O4/c1-4-27(5-2)15-6-16-28-22(17-9-13-20(32-3)14-10-17)21(24(30)25(28)31)23(29)18-7-11-19(26)12-8-18/h7-14,22,29H,4-6,15-16H2,1-3H3. The Balaban J connectivity index is 2.01. The summed E-state index contributed by atoms with van der Waals surface area (Å²) in [5.41, 5.74) is 1.27. The van der Waals surface area contributed by atoms with Gasteiger partial charge in [0, 0.05) is 17.1 Å². The molecule has 0 bridgehead atoms. The van der Waals surface area contributed by atoms with Gasteiger partial charge in [0.25, 0.3) is 11.7 Å². The molecule has 6 nitrogen and oxygen atoms in total. The van der Waals surface area contributed by atoms with Gasteiger partial charge >= 0.3 is 0 Å². The molecule has 3 rings (SSSR count). The summed E-state index contributed by atoms with van der Waals surface area (Å²) in [5, 5.41) is 11.6. The molecule has 0 aromatic heterocycles. The molecule has 1 aliphatic rings. The smallest absolute Gasteiger partial charge is 0.295 e. The number of ether oxygens (including phenoxy) is 1. The molecular formula is C25H29ClN2O4. The van der Waals surface area contributed by atoms with E-state index < -0.39 is 17.7 Å². The first-order valence-electron chi connectivity index (χ1n) is 10.8. The van der Waals surface area contributed by atoms with Crippen molar-refractivity contribution in [3.05, 3.63) is 70.3 Å². The van der Waals surface area contributed by atoms with Gasteiger partial charge in [-0.15, -0.1) is 0 Å². The quantitative estimate of drug-likeness (QED) is 0.341. The van der Waals surface area contributed by atoms with E-state index in [1.165, 1.54) is 0 Å². The summed E-state index contributed by atoms with van der Waals surface area (Å²) >= 11 is 5.97. The van der Waals surface area contributed by atoms with Crippen molar-refractivity contribution in [1.82, 2.24) is 9.80 Å². The fourth-order valence-electron chi connectivity index (χ4n) is 4.01. The maximum atomic E-state index is 13.0. The van der Waals surface area contributed by atoms with Gasteiger partial charge in [0.15, 0.2) is 0 Å². The summed E-state index contributed by atoms with van der Waals surface area (Å²) in [4.78, 5) is 29.9. The first-order chi connectivity index (χ1) is 15.4. The summed E-state index contributed by atoms with van der Waals surface area (Å²) in [5.74, 6) is -0.806. The Morgan fingerprint density at radius 1 is 1.06 bits per heavy atom. The largest absolute Gasteiger partial charge is 0.507 e. The van der Waals surface area contributed by atoms with Gasteiger partial charge in [-0.1, -0.05) is 37.6 Å². The predicted octanol–water partition coefficient (Wildman–Crippen LogP) is 4.50. The second kappa shape index (κ2) is 10.7. The average Bonchev–Trinajstić information content (AvgIpc) is 3.07. The highest BCUT2D eigenvalue weighted by molar-refractivity contribution is 6.46. The summed E-state index contributed by atoms with van der Waals surface area (Å²) in [6.45, 7) is 7.28. The van der Waals surface area contributed by atoms with Crippen LogP contribution in [0.1, 0.15) is 37.4 Å². The first kappa shape index (κ1) is 23.8. The number of carbonyl (C=O) groups excluding carboxylic acids is 2. The van der Waals surface area contributed by atoms with E-state index in [0.29, 0.717) is 22.9 Å². The van der Waals surface area contributed by atoms with Gasteiger partial charge < -0.3 is 19.6 Å². The third-order valence-corrected chi connectivity index (χ3v) is 6.11. The minimum Gasteiger partial charge on any atom is -0.507 e. The summed E-state index contributed by atoms with van der Waals surface area (Å²) < 4.78 is 5.24. The van der Waals surface area contributed by atoms with E-state index in [-0.39, 0.29) is 11.3 Å². The lowest BCUT2D eigenvalue weighted by molar-refractivity contribution is -0.140. The Kier molecular flexibility index (Phi) is 7.94. The van der Waals surface area contributed by atoms with Crippen LogP contribution in [0.4, 0.5) is 0 Å². The normalized spacial score (nSPS) is 17.9. The zero-order chi connectivity index (χ0) is 23.3. The van der Waals surface area contributed by atoms with E-state index in [9.17, 15) is 14.7 Å². The van der Waals surface area contributed by atoms with Crippen molar-refractivity contribution < 1.29 is 19.4 Å². The number of carbonyl (C=O) groups is 2. The zero-order valence-corrected chi connectivity index (χ0v) is 19.4. The second-order valence-electron chi connectivity index (χ2n) is 7.65. The highest BCUT2D eigenvalue weighted by atomic mass is 35.5. The van der Waals surface area contributed by atoms with Crippen molar-refractivity contribution >= 4 is 29.1 Å². The van der Waals surface area contributed by atoms with Crippen LogP contribution in [-0.4, -0.2) is 59.9 Å². The number of hydrogen-bond acceptors (Lipinski definition) is 5. The number of ketones is 1. The number of aliphatic hydroxyl groups is 1. The van der Waals surface area contributed by atoms with Gasteiger partial charge in [0.05, 0.1) is 18.7 Å². The fraction of sp³-hybridized carbons (Fsp3) is 0.360. The summed E-state index contributed by atoms with van der Waals surface area (Å²) in [6.07, 6.45) is 0.725. The number of nitrogens with zero attached hydrogens (tertiary/aromatic N) is 2. The number of aliphatic hydroxyl groups excluding tert-OH is 1. The maximum Gasteiger partial charge on any atom is 0.295 e. The number of methoxy groups -OCH3 is 1. The molecule has 1 amide bonds. The van der Waals surface area contributed by atoms with Crippen LogP contribution in [0, 0.1) is 0 Å². The Bertz CT molecular complexity index is 982. The van der Waals surface area contributed by atoms with Crippen LogP contribution in [0.25, 0.3) is 5.76 Å². The molecule has 0 radical (unpaired) electrons. The lowest BCUT2D eigenvalue weighted by Gasteiger charge is -2.27. The van der Waals surface area contributed by atoms with Crippen LogP contribution in [0.15, 0.2) is 54.1 Å². The molecular weight excluding hydrogens is 428 g/mol. The van der Waals surface area contributed by atoms with E-state index in [1.54, 1.807) is 48.4 Å². The molecule has 1 aliphatic heterocycles. The zero-order valence-electron chi connectivity index (χ0n) is 18.7. The number of rotatable bonds is 9.